The maximum absolute atomic E-state index is 6.16. The third-order valence-electron chi connectivity index (χ3n) is 4.75. The van der Waals surface area contributed by atoms with Crippen molar-refractivity contribution in [2.24, 2.45) is 5.73 Å². The molecule has 0 amide bonds. The lowest BCUT2D eigenvalue weighted by Crippen LogP contribution is -2.37. The Balaban J connectivity index is 1.70. The molecular weight excluding hydrogens is 236 g/mol. The van der Waals surface area contributed by atoms with Crippen molar-refractivity contribution in [3.05, 3.63) is 17.7 Å². The van der Waals surface area contributed by atoms with Crippen LogP contribution < -0.4 is 5.73 Å². The second-order valence-corrected chi connectivity index (χ2v) is 6.37. The highest BCUT2D eigenvalue weighted by Gasteiger charge is 2.26. The van der Waals surface area contributed by atoms with Gasteiger partial charge in [0.2, 0.25) is 0 Å². The Morgan fingerprint density at radius 2 is 1.95 bits per heavy atom. The molecule has 0 radical (unpaired) electrons. The molecule has 0 spiro atoms. The Hall–Kier alpha value is -0.870. The van der Waals surface area contributed by atoms with E-state index in [0.29, 0.717) is 12.0 Å². The standard InChI is InChI=1S/C15H26N4/c1-11(2)18-8-5-12(6-9-18)14-10-19-7-3-4-13(16)15(19)17-14/h10-13H,3-9,16H2,1-2H3. The number of piperidine rings is 1. The van der Waals surface area contributed by atoms with E-state index in [1.165, 1.54) is 38.0 Å². The molecule has 1 aromatic rings. The number of nitrogens with two attached hydrogens (primary N) is 1. The second kappa shape index (κ2) is 5.25. The number of likely N-dealkylation sites (tertiary alicyclic amines) is 1. The van der Waals surface area contributed by atoms with Gasteiger partial charge >= 0.3 is 0 Å². The van der Waals surface area contributed by atoms with Crippen LogP contribution in [0.1, 0.15) is 63.0 Å². The number of fused-ring (bicyclic) bond motifs is 1. The lowest BCUT2D eigenvalue weighted by molar-refractivity contribution is 0.171. The SMILES string of the molecule is CC(C)N1CCC(c2cn3c(n2)C(N)CCC3)CC1. The van der Waals surface area contributed by atoms with Crippen LogP contribution in [0.3, 0.4) is 0 Å². The molecule has 3 rings (SSSR count). The van der Waals surface area contributed by atoms with Crippen molar-refractivity contribution in [2.45, 2.75) is 64.1 Å². The Morgan fingerprint density at radius 1 is 1.21 bits per heavy atom. The minimum absolute atomic E-state index is 0.151. The van der Waals surface area contributed by atoms with E-state index >= 15 is 0 Å². The second-order valence-electron chi connectivity index (χ2n) is 6.37. The zero-order valence-corrected chi connectivity index (χ0v) is 12.2. The minimum atomic E-state index is 0.151. The molecule has 1 atom stereocenters. The van der Waals surface area contributed by atoms with E-state index in [4.69, 9.17) is 10.7 Å². The Morgan fingerprint density at radius 3 is 2.58 bits per heavy atom. The van der Waals surface area contributed by atoms with Gasteiger partial charge in [-0.1, -0.05) is 0 Å². The number of nitrogens with zero attached hydrogens (tertiary/aromatic N) is 3. The first kappa shape index (κ1) is 13.1. The Kier molecular flexibility index (Phi) is 3.63. The molecule has 2 N–H and O–H groups in total. The first-order valence-electron chi connectivity index (χ1n) is 7.71. The quantitative estimate of drug-likeness (QED) is 0.889. The first-order valence-corrected chi connectivity index (χ1v) is 7.71. The maximum Gasteiger partial charge on any atom is 0.125 e. The fourth-order valence-electron chi connectivity index (χ4n) is 3.45. The topological polar surface area (TPSA) is 47.1 Å². The third kappa shape index (κ3) is 2.56. The molecule has 1 unspecified atom stereocenters. The van der Waals surface area contributed by atoms with Gasteiger partial charge in [-0.3, -0.25) is 0 Å². The molecule has 0 aromatic carbocycles. The highest BCUT2D eigenvalue weighted by molar-refractivity contribution is 5.14. The van der Waals surface area contributed by atoms with Crippen molar-refractivity contribution in [3.63, 3.8) is 0 Å². The summed E-state index contributed by atoms with van der Waals surface area (Å²) in [5.41, 5.74) is 7.45. The van der Waals surface area contributed by atoms with Crippen LogP contribution in [0.25, 0.3) is 0 Å². The predicted octanol–water partition coefficient (Wildman–Crippen LogP) is 2.26. The molecule has 19 heavy (non-hydrogen) atoms. The molecule has 106 valence electrons. The lowest BCUT2D eigenvalue weighted by atomic mass is 9.93. The fraction of sp³-hybridized carbons (Fsp3) is 0.800. The van der Waals surface area contributed by atoms with Gasteiger partial charge in [0.25, 0.3) is 0 Å². The molecule has 1 saturated heterocycles. The van der Waals surface area contributed by atoms with Crippen molar-refractivity contribution in [1.82, 2.24) is 14.5 Å². The van der Waals surface area contributed by atoms with E-state index in [2.05, 4.69) is 29.5 Å². The number of aryl methyl sites for hydroxylation is 1. The van der Waals surface area contributed by atoms with Crippen molar-refractivity contribution in [1.29, 1.82) is 0 Å². The van der Waals surface area contributed by atoms with Gasteiger partial charge in [-0.05, 0) is 52.6 Å². The van der Waals surface area contributed by atoms with E-state index in [9.17, 15) is 0 Å². The lowest BCUT2D eigenvalue weighted by Gasteiger charge is -2.33. The van der Waals surface area contributed by atoms with Crippen LogP contribution in [-0.4, -0.2) is 33.6 Å². The van der Waals surface area contributed by atoms with Gasteiger partial charge in [0.1, 0.15) is 5.82 Å². The molecule has 2 aliphatic heterocycles. The van der Waals surface area contributed by atoms with E-state index in [1.54, 1.807) is 0 Å². The smallest absolute Gasteiger partial charge is 0.125 e. The van der Waals surface area contributed by atoms with Gasteiger partial charge in [0, 0.05) is 24.7 Å². The van der Waals surface area contributed by atoms with Crippen molar-refractivity contribution >= 4 is 0 Å². The fourth-order valence-corrected chi connectivity index (χ4v) is 3.45. The summed E-state index contributed by atoms with van der Waals surface area (Å²) in [6.45, 7) is 8.08. The molecule has 4 nitrogen and oxygen atoms in total. The van der Waals surface area contributed by atoms with E-state index in [0.717, 1.165) is 18.8 Å². The summed E-state index contributed by atoms with van der Waals surface area (Å²) in [6.07, 6.45) is 7.02. The van der Waals surface area contributed by atoms with Crippen LogP contribution in [0, 0.1) is 0 Å². The molecule has 2 aliphatic rings. The summed E-state index contributed by atoms with van der Waals surface area (Å²) in [6, 6.07) is 0.822. The van der Waals surface area contributed by atoms with Gasteiger partial charge in [0.15, 0.2) is 0 Å². The molecule has 1 fully saturated rings. The van der Waals surface area contributed by atoms with Crippen molar-refractivity contribution < 1.29 is 0 Å². The van der Waals surface area contributed by atoms with Crippen molar-refractivity contribution in [3.8, 4) is 0 Å². The van der Waals surface area contributed by atoms with Crippen LogP contribution in [-0.2, 0) is 6.54 Å². The van der Waals surface area contributed by atoms with Gasteiger partial charge in [-0.15, -0.1) is 0 Å². The van der Waals surface area contributed by atoms with Gasteiger partial charge in [0.05, 0.1) is 11.7 Å². The zero-order chi connectivity index (χ0) is 13.4. The van der Waals surface area contributed by atoms with Crippen LogP contribution >= 0.6 is 0 Å². The van der Waals surface area contributed by atoms with Gasteiger partial charge < -0.3 is 15.2 Å². The van der Waals surface area contributed by atoms with E-state index in [1.807, 2.05) is 0 Å². The highest BCUT2D eigenvalue weighted by atomic mass is 15.2. The molecule has 0 aliphatic carbocycles. The molecule has 3 heterocycles. The number of aromatic nitrogens is 2. The average Bonchev–Trinajstić information content (AvgIpc) is 2.84. The van der Waals surface area contributed by atoms with Gasteiger partial charge in [-0.2, -0.15) is 0 Å². The first-order chi connectivity index (χ1) is 9.15. The molecule has 4 heteroatoms. The summed E-state index contributed by atoms with van der Waals surface area (Å²) in [5, 5.41) is 0. The Bertz CT molecular complexity index is 429. The largest absolute Gasteiger partial charge is 0.333 e. The van der Waals surface area contributed by atoms with Crippen LogP contribution in [0.4, 0.5) is 0 Å². The molecule has 1 aromatic heterocycles. The van der Waals surface area contributed by atoms with Gasteiger partial charge in [-0.25, -0.2) is 4.98 Å². The molecular formula is C15H26N4. The number of hydrogen-bond acceptors (Lipinski definition) is 3. The normalized spacial score (nSPS) is 25.8. The third-order valence-corrected chi connectivity index (χ3v) is 4.75. The number of rotatable bonds is 2. The summed E-state index contributed by atoms with van der Waals surface area (Å²) in [7, 11) is 0. The number of imidazole rings is 1. The van der Waals surface area contributed by atoms with Crippen LogP contribution in [0.5, 0.6) is 0 Å². The summed E-state index contributed by atoms with van der Waals surface area (Å²) >= 11 is 0. The van der Waals surface area contributed by atoms with Crippen LogP contribution in [0.2, 0.25) is 0 Å². The maximum atomic E-state index is 6.16. The summed E-state index contributed by atoms with van der Waals surface area (Å²) in [5.74, 6) is 1.76. The average molecular weight is 262 g/mol. The van der Waals surface area contributed by atoms with Crippen LogP contribution in [0.15, 0.2) is 6.20 Å². The molecule has 0 saturated carbocycles. The zero-order valence-electron chi connectivity index (χ0n) is 12.2. The summed E-state index contributed by atoms with van der Waals surface area (Å²) in [4.78, 5) is 7.41. The van der Waals surface area contributed by atoms with E-state index in [-0.39, 0.29) is 6.04 Å². The monoisotopic (exact) mass is 262 g/mol. The highest BCUT2D eigenvalue weighted by Crippen LogP contribution is 2.31. The molecule has 0 bridgehead atoms. The summed E-state index contributed by atoms with van der Waals surface area (Å²) < 4.78 is 2.29. The van der Waals surface area contributed by atoms with Crippen molar-refractivity contribution in [2.75, 3.05) is 13.1 Å². The van der Waals surface area contributed by atoms with E-state index < -0.39 is 0 Å². The minimum Gasteiger partial charge on any atom is -0.333 e. The number of hydrogen-bond donors (Lipinski definition) is 1. The predicted molar refractivity (Wildman–Crippen MR) is 77.1 cm³/mol. The Labute approximate surface area is 116 Å².